The topological polar surface area (TPSA) is 62.7 Å². The van der Waals surface area contributed by atoms with Crippen LogP contribution in [-0.4, -0.2) is 14.8 Å². The SMILES string of the molecule is Cc1nn(-c2ccccc2)c2[nH]c(=O)c(CN[C@H]3CCc4ccccc43)cc12. The van der Waals surface area contributed by atoms with Crippen molar-refractivity contribution in [1.82, 2.24) is 20.1 Å². The fourth-order valence-corrected chi connectivity index (χ4v) is 4.15. The summed E-state index contributed by atoms with van der Waals surface area (Å²) in [4.78, 5) is 15.8. The van der Waals surface area contributed by atoms with Gasteiger partial charge in [-0.2, -0.15) is 5.10 Å². The van der Waals surface area contributed by atoms with Crippen molar-refractivity contribution in [3.8, 4) is 5.69 Å². The molecule has 0 fully saturated rings. The zero-order valence-electron chi connectivity index (χ0n) is 15.8. The molecule has 0 unspecified atom stereocenters. The summed E-state index contributed by atoms with van der Waals surface area (Å²) in [6.45, 7) is 2.52. The van der Waals surface area contributed by atoms with Crippen LogP contribution in [0.5, 0.6) is 0 Å². The third kappa shape index (κ3) is 2.84. The Bertz CT molecular complexity index is 1210. The quantitative estimate of drug-likeness (QED) is 0.574. The number of rotatable bonds is 4. The van der Waals surface area contributed by atoms with E-state index in [9.17, 15) is 4.79 Å². The van der Waals surface area contributed by atoms with E-state index in [4.69, 9.17) is 0 Å². The molecule has 28 heavy (non-hydrogen) atoms. The van der Waals surface area contributed by atoms with Crippen LogP contribution >= 0.6 is 0 Å². The van der Waals surface area contributed by atoms with Gasteiger partial charge in [0, 0.05) is 23.5 Å². The van der Waals surface area contributed by atoms with Crippen molar-refractivity contribution in [3.05, 3.63) is 93.4 Å². The number of H-pyrrole nitrogens is 1. The summed E-state index contributed by atoms with van der Waals surface area (Å²) >= 11 is 0. The number of hydrogen-bond acceptors (Lipinski definition) is 3. The molecule has 140 valence electrons. The average molecular weight is 370 g/mol. The van der Waals surface area contributed by atoms with E-state index in [1.165, 1.54) is 11.1 Å². The Kier molecular flexibility index (Phi) is 4.10. The van der Waals surface area contributed by atoms with Gasteiger partial charge < -0.3 is 10.3 Å². The minimum atomic E-state index is -0.0663. The number of nitrogens with zero attached hydrogens (tertiary/aromatic N) is 2. The number of fused-ring (bicyclic) bond motifs is 2. The summed E-state index contributed by atoms with van der Waals surface area (Å²) in [5, 5.41) is 9.18. The fourth-order valence-electron chi connectivity index (χ4n) is 4.15. The number of hydrogen-bond donors (Lipinski definition) is 2. The summed E-state index contributed by atoms with van der Waals surface area (Å²) in [6, 6.07) is 20.7. The van der Waals surface area contributed by atoms with E-state index < -0.39 is 0 Å². The average Bonchev–Trinajstić information content (AvgIpc) is 3.28. The normalized spacial score (nSPS) is 15.8. The third-order valence-electron chi connectivity index (χ3n) is 5.62. The minimum Gasteiger partial charge on any atom is -0.306 e. The van der Waals surface area contributed by atoms with Crippen molar-refractivity contribution in [2.24, 2.45) is 0 Å². The maximum atomic E-state index is 12.7. The molecule has 0 spiro atoms. The first-order chi connectivity index (χ1) is 13.7. The molecule has 5 rings (SSSR count). The van der Waals surface area contributed by atoms with E-state index in [2.05, 4.69) is 39.7 Å². The molecule has 0 bridgehead atoms. The Morgan fingerprint density at radius 1 is 1.14 bits per heavy atom. The second kappa shape index (κ2) is 6.77. The van der Waals surface area contributed by atoms with E-state index in [0.717, 1.165) is 40.8 Å². The van der Waals surface area contributed by atoms with E-state index in [-0.39, 0.29) is 5.56 Å². The van der Waals surface area contributed by atoms with Crippen molar-refractivity contribution in [2.45, 2.75) is 32.4 Å². The van der Waals surface area contributed by atoms with Crippen LogP contribution in [0.15, 0.2) is 65.5 Å². The molecular formula is C23H22N4O. The van der Waals surface area contributed by atoms with Crippen molar-refractivity contribution in [3.63, 3.8) is 0 Å². The molecule has 0 saturated carbocycles. The predicted molar refractivity (Wildman–Crippen MR) is 111 cm³/mol. The molecule has 2 aromatic heterocycles. The summed E-state index contributed by atoms with van der Waals surface area (Å²) in [7, 11) is 0. The molecule has 1 aliphatic rings. The molecule has 4 aromatic rings. The van der Waals surface area contributed by atoms with Gasteiger partial charge in [-0.05, 0) is 49.1 Å². The molecule has 0 radical (unpaired) electrons. The first kappa shape index (κ1) is 17.0. The standard InChI is InChI=1S/C23H22N4O/c1-15-20-13-17(14-24-21-12-11-16-7-5-6-10-19(16)21)23(28)25-22(20)27(26-15)18-8-3-2-4-9-18/h2-10,13,21,24H,11-12,14H2,1H3,(H,25,28)/t21-/m0/s1. The summed E-state index contributed by atoms with van der Waals surface area (Å²) in [6.07, 6.45) is 2.16. The highest BCUT2D eigenvalue weighted by Gasteiger charge is 2.21. The molecule has 5 heteroatoms. The molecular weight excluding hydrogens is 348 g/mol. The largest absolute Gasteiger partial charge is 0.306 e. The van der Waals surface area contributed by atoms with Crippen molar-refractivity contribution in [2.75, 3.05) is 0 Å². The van der Waals surface area contributed by atoms with Crippen molar-refractivity contribution < 1.29 is 0 Å². The lowest BCUT2D eigenvalue weighted by Gasteiger charge is -2.14. The van der Waals surface area contributed by atoms with Gasteiger partial charge in [-0.1, -0.05) is 42.5 Å². The molecule has 2 aromatic carbocycles. The predicted octanol–water partition coefficient (Wildman–Crippen LogP) is 3.80. The van der Waals surface area contributed by atoms with Crippen molar-refractivity contribution in [1.29, 1.82) is 0 Å². The Hall–Kier alpha value is -3.18. The van der Waals surface area contributed by atoms with E-state index in [1.807, 2.05) is 43.3 Å². The van der Waals surface area contributed by atoms with E-state index in [1.54, 1.807) is 4.68 Å². The van der Waals surface area contributed by atoms with E-state index >= 15 is 0 Å². The zero-order valence-corrected chi connectivity index (χ0v) is 15.8. The molecule has 5 nitrogen and oxygen atoms in total. The zero-order chi connectivity index (χ0) is 19.1. The molecule has 1 atom stereocenters. The number of aryl methyl sites for hydroxylation is 2. The highest BCUT2D eigenvalue weighted by molar-refractivity contribution is 5.80. The van der Waals surface area contributed by atoms with Gasteiger partial charge in [-0.15, -0.1) is 0 Å². The second-order valence-electron chi connectivity index (χ2n) is 7.39. The monoisotopic (exact) mass is 370 g/mol. The van der Waals surface area contributed by atoms with Crippen LogP contribution in [0, 0.1) is 6.92 Å². The molecule has 0 amide bonds. The Morgan fingerprint density at radius 3 is 2.79 bits per heavy atom. The molecule has 1 aliphatic carbocycles. The second-order valence-corrected chi connectivity index (χ2v) is 7.39. The van der Waals surface area contributed by atoms with Gasteiger partial charge >= 0.3 is 0 Å². The summed E-state index contributed by atoms with van der Waals surface area (Å²) < 4.78 is 1.80. The van der Waals surface area contributed by atoms with Gasteiger partial charge in [-0.3, -0.25) is 4.79 Å². The molecule has 0 saturated heterocycles. The van der Waals surface area contributed by atoms with Crippen LogP contribution in [0.4, 0.5) is 0 Å². The number of nitrogens with one attached hydrogen (secondary N) is 2. The first-order valence-corrected chi connectivity index (χ1v) is 9.69. The van der Waals surface area contributed by atoms with Crippen LogP contribution in [0.25, 0.3) is 16.7 Å². The highest BCUT2D eigenvalue weighted by Crippen LogP contribution is 2.31. The lowest BCUT2D eigenvalue weighted by molar-refractivity contribution is 0.528. The molecule has 0 aliphatic heterocycles. The number of aromatic amines is 1. The smallest absolute Gasteiger partial charge is 0.254 e. The Balaban J connectivity index is 1.46. The van der Waals surface area contributed by atoms with E-state index in [0.29, 0.717) is 12.6 Å². The fraction of sp³-hybridized carbons (Fsp3) is 0.217. The number of benzene rings is 2. The van der Waals surface area contributed by atoms with Gasteiger partial charge in [0.15, 0.2) is 0 Å². The minimum absolute atomic E-state index is 0.0663. The van der Waals surface area contributed by atoms with Crippen LogP contribution in [-0.2, 0) is 13.0 Å². The van der Waals surface area contributed by atoms with Gasteiger partial charge in [0.05, 0.1) is 11.4 Å². The van der Waals surface area contributed by atoms with Crippen molar-refractivity contribution >= 4 is 11.0 Å². The Labute approximate surface area is 163 Å². The maximum absolute atomic E-state index is 12.7. The number of pyridine rings is 1. The summed E-state index contributed by atoms with van der Waals surface area (Å²) in [5.41, 5.74) is 6.02. The lowest BCUT2D eigenvalue weighted by Crippen LogP contribution is -2.24. The number of para-hydroxylation sites is 1. The lowest BCUT2D eigenvalue weighted by atomic mass is 10.1. The first-order valence-electron chi connectivity index (χ1n) is 9.69. The van der Waals surface area contributed by atoms with Gasteiger partial charge in [-0.25, -0.2) is 4.68 Å². The molecule has 2 N–H and O–H groups in total. The maximum Gasteiger partial charge on any atom is 0.254 e. The van der Waals surface area contributed by atoms with Crippen LogP contribution in [0.3, 0.4) is 0 Å². The van der Waals surface area contributed by atoms with Crippen LogP contribution in [0.2, 0.25) is 0 Å². The van der Waals surface area contributed by atoms with Gasteiger partial charge in [0.1, 0.15) is 5.65 Å². The van der Waals surface area contributed by atoms with Gasteiger partial charge in [0.2, 0.25) is 0 Å². The van der Waals surface area contributed by atoms with Crippen LogP contribution in [0.1, 0.15) is 34.8 Å². The van der Waals surface area contributed by atoms with Gasteiger partial charge in [0.25, 0.3) is 5.56 Å². The van der Waals surface area contributed by atoms with Crippen LogP contribution < -0.4 is 10.9 Å². The number of aromatic nitrogens is 3. The Morgan fingerprint density at radius 2 is 1.93 bits per heavy atom. The molecule has 2 heterocycles. The highest BCUT2D eigenvalue weighted by atomic mass is 16.1. The third-order valence-corrected chi connectivity index (χ3v) is 5.62. The summed E-state index contributed by atoms with van der Waals surface area (Å²) in [5.74, 6) is 0.